The van der Waals surface area contributed by atoms with Crippen molar-refractivity contribution in [2.24, 2.45) is 14.1 Å². The predicted octanol–water partition coefficient (Wildman–Crippen LogP) is 2.95. The fourth-order valence-electron chi connectivity index (χ4n) is 4.30. The van der Waals surface area contributed by atoms with Crippen molar-refractivity contribution in [2.45, 2.75) is 18.8 Å². The summed E-state index contributed by atoms with van der Waals surface area (Å²) in [6, 6.07) is 7.18. The second-order valence-corrected chi connectivity index (χ2v) is 9.33. The number of thiazole rings is 1. The molecule has 3 aromatic heterocycles. The van der Waals surface area contributed by atoms with Crippen LogP contribution in [-0.2, 0) is 25.4 Å². The molecule has 0 saturated carbocycles. The molecule has 0 bridgehead atoms. The Bertz CT molecular complexity index is 1490. The minimum absolute atomic E-state index is 0.227. The lowest BCUT2D eigenvalue weighted by Crippen LogP contribution is -2.37. The maximum atomic E-state index is 13.4. The Morgan fingerprint density at radius 1 is 1.25 bits per heavy atom. The monoisotopic (exact) mass is 492 g/mol. The number of hydrogen-bond acceptors (Lipinski definition) is 6. The second-order valence-electron chi connectivity index (χ2n) is 7.61. The molecule has 1 aliphatic rings. The Hall–Kier alpha value is -2.43. The van der Waals surface area contributed by atoms with Gasteiger partial charge in [-0.25, -0.2) is 9.78 Å². The van der Waals surface area contributed by atoms with Crippen LogP contribution in [0.2, 0.25) is 10.2 Å². The first-order valence-electron chi connectivity index (χ1n) is 9.77. The van der Waals surface area contributed by atoms with Crippen molar-refractivity contribution in [3.8, 4) is 11.3 Å². The quantitative estimate of drug-likeness (QED) is 0.474. The number of benzene rings is 1. The summed E-state index contributed by atoms with van der Waals surface area (Å²) in [7, 11) is 3.07. The molecule has 1 aromatic carbocycles. The van der Waals surface area contributed by atoms with E-state index in [1.54, 1.807) is 30.6 Å². The molecule has 5 rings (SSSR count). The molecule has 4 aromatic rings. The standard InChI is InChI=1S/C21H18Cl2N4O4S/c1-25-16-14(20(29)26(2)21(25)30)15(10-4-3-5-11(22)6-10)27-7-12(8-28)31-18(17(16)27)19-24-13(23)9-32-19/h3-6,9,12,18,28H,7-8H2,1-2H3/t12-,18-/m1/s1. The number of hydrogen-bond donors (Lipinski definition) is 1. The van der Waals surface area contributed by atoms with Crippen molar-refractivity contribution in [2.75, 3.05) is 6.61 Å². The molecule has 0 unspecified atom stereocenters. The number of aliphatic hydroxyl groups excluding tert-OH is 1. The molecule has 8 nitrogen and oxygen atoms in total. The molecule has 11 heteroatoms. The summed E-state index contributed by atoms with van der Waals surface area (Å²) in [5.41, 5.74) is 1.54. The van der Waals surface area contributed by atoms with Crippen LogP contribution in [-0.4, -0.2) is 36.5 Å². The molecular formula is C21H18Cl2N4O4S. The average Bonchev–Trinajstić information content (AvgIpc) is 3.37. The van der Waals surface area contributed by atoms with Crippen LogP contribution in [0.1, 0.15) is 16.8 Å². The lowest BCUT2D eigenvalue weighted by atomic mass is 10.1. The Kier molecular flexibility index (Phi) is 5.26. The van der Waals surface area contributed by atoms with E-state index in [9.17, 15) is 14.7 Å². The highest BCUT2D eigenvalue weighted by Crippen LogP contribution is 2.43. The maximum Gasteiger partial charge on any atom is 0.331 e. The van der Waals surface area contributed by atoms with Crippen molar-refractivity contribution in [1.29, 1.82) is 0 Å². The molecule has 32 heavy (non-hydrogen) atoms. The smallest absolute Gasteiger partial charge is 0.331 e. The molecule has 0 fully saturated rings. The van der Waals surface area contributed by atoms with Gasteiger partial charge in [0.2, 0.25) is 0 Å². The minimum atomic E-state index is -0.716. The van der Waals surface area contributed by atoms with Gasteiger partial charge in [0, 0.05) is 30.1 Å². The number of rotatable bonds is 3. The van der Waals surface area contributed by atoms with Crippen LogP contribution < -0.4 is 11.2 Å². The first-order valence-corrected chi connectivity index (χ1v) is 11.4. The van der Waals surface area contributed by atoms with Crippen LogP contribution in [0.25, 0.3) is 22.2 Å². The van der Waals surface area contributed by atoms with Gasteiger partial charge in [-0.2, -0.15) is 0 Å². The fourth-order valence-corrected chi connectivity index (χ4v) is 5.48. The summed E-state index contributed by atoms with van der Waals surface area (Å²) < 4.78 is 10.6. The van der Waals surface area contributed by atoms with E-state index in [2.05, 4.69) is 4.98 Å². The van der Waals surface area contributed by atoms with Crippen LogP contribution in [0.15, 0.2) is 39.2 Å². The lowest BCUT2D eigenvalue weighted by molar-refractivity contribution is -0.0517. The van der Waals surface area contributed by atoms with Gasteiger partial charge in [-0.1, -0.05) is 35.3 Å². The Morgan fingerprint density at radius 2 is 2.03 bits per heavy atom. The highest BCUT2D eigenvalue weighted by Gasteiger charge is 2.37. The van der Waals surface area contributed by atoms with Crippen LogP contribution in [0.3, 0.4) is 0 Å². The summed E-state index contributed by atoms with van der Waals surface area (Å²) >= 11 is 13.7. The summed E-state index contributed by atoms with van der Waals surface area (Å²) in [6.07, 6.45) is -1.26. The van der Waals surface area contributed by atoms with Crippen molar-refractivity contribution >= 4 is 45.4 Å². The van der Waals surface area contributed by atoms with Gasteiger partial charge in [0.25, 0.3) is 5.56 Å². The van der Waals surface area contributed by atoms with Gasteiger partial charge in [-0.3, -0.25) is 13.9 Å². The van der Waals surface area contributed by atoms with E-state index in [0.717, 1.165) is 10.1 Å². The Balaban J connectivity index is 1.97. The zero-order valence-corrected chi connectivity index (χ0v) is 19.4. The van der Waals surface area contributed by atoms with Crippen molar-refractivity contribution in [1.82, 2.24) is 18.7 Å². The van der Waals surface area contributed by atoms with Gasteiger partial charge in [-0.15, -0.1) is 11.3 Å². The average molecular weight is 493 g/mol. The summed E-state index contributed by atoms with van der Waals surface area (Å²) in [4.78, 5) is 30.6. The third kappa shape index (κ3) is 3.15. The second kappa shape index (κ2) is 7.86. The first kappa shape index (κ1) is 21.4. The van der Waals surface area contributed by atoms with Crippen LogP contribution >= 0.6 is 34.5 Å². The minimum Gasteiger partial charge on any atom is -0.394 e. The first-order chi connectivity index (χ1) is 15.3. The third-order valence-corrected chi connectivity index (χ3v) is 7.13. The Labute approximate surface area is 195 Å². The van der Waals surface area contributed by atoms with E-state index in [1.807, 2.05) is 10.6 Å². The van der Waals surface area contributed by atoms with Gasteiger partial charge in [-0.05, 0) is 12.1 Å². The molecule has 0 aliphatic carbocycles. The topological polar surface area (TPSA) is 91.3 Å². The number of aliphatic hydroxyl groups is 1. The highest BCUT2D eigenvalue weighted by atomic mass is 35.5. The largest absolute Gasteiger partial charge is 0.394 e. The summed E-state index contributed by atoms with van der Waals surface area (Å²) in [6.45, 7) is 0.0603. The molecule has 166 valence electrons. The van der Waals surface area contributed by atoms with Gasteiger partial charge in [0.15, 0.2) is 6.10 Å². The van der Waals surface area contributed by atoms with Crippen LogP contribution in [0.5, 0.6) is 0 Å². The normalized spacial score (nSPS) is 18.3. The van der Waals surface area contributed by atoms with Crippen molar-refractivity contribution in [3.05, 3.63) is 71.4 Å². The van der Waals surface area contributed by atoms with Gasteiger partial charge < -0.3 is 14.4 Å². The predicted molar refractivity (Wildman–Crippen MR) is 124 cm³/mol. The number of fused-ring (bicyclic) bond motifs is 3. The maximum absolute atomic E-state index is 13.4. The number of halogens is 2. The van der Waals surface area contributed by atoms with E-state index >= 15 is 0 Å². The van der Waals surface area contributed by atoms with Crippen LogP contribution in [0, 0.1) is 0 Å². The molecule has 1 N–H and O–H groups in total. The van der Waals surface area contributed by atoms with E-state index in [1.165, 1.54) is 23.0 Å². The lowest BCUT2D eigenvalue weighted by Gasteiger charge is -2.31. The summed E-state index contributed by atoms with van der Waals surface area (Å²) in [5.74, 6) is 0. The summed E-state index contributed by atoms with van der Waals surface area (Å²) in [5, 5.41) is 13.4. The molecule has 2 atom stereocenters. The molecule has 4 heterocycles. The number of aromatic nitrogens is 4. The number of nitrogens with zero attached hydrogens (tertiary/aromatic N) is 4. The molecular weight excluding hydrogens is 475 g/mol. The van der Waals surface area contributed by atoms with Crippen molar-refractivity contribution < 1.29 is 9.84 Å². The van der Waals surface area contributed by atoms with Crippen LogP contribution in [0.4, 0.5) is 0 Å². The third-order valence-electron chi connectivity index (χ3n) is 5.69. The Morgan fingerprint density at radius 3 is 2.69 bits per heavy atom. The molecule has 1 aliphatic heterocycles. The van der Waals surface area contributed by atoms with E-state index in [0.29, 0.717) is 37.5 Å². The van der Waals surface area contributed by atoms with Gasteiger partial charge >= 0.3 is 5.69 Å². The zero-order chi connectivity index (χ0) is 22.7. The molecule has 0 radical (unpaired) electrons. The molecule has 0 amide bonds. The fraction of sp³-hybridized carbons (Fsp3) is 0.286. The number of ether oxygens (including phenoxy) is 1. The van der Waals surface area contributed by atoms with E-state index in [-0.39, 0.29) is 13.2 Å². The molecule has 0 spiro atoms. The zero-order valence-electron chi connectivity index (χ0n) is 17.1. The molecule has 0 saturated heterocycles. The SMILES string of the molecule is Cn1c(=O)c2c(-c3cccc(Cl)c3)n3c(c2n(C)c1=O)[C@H](c1nc(Cl)cs1)O[C@@H](CO)C3. The van der Waals surface area contributed by atoms with Gasteiger partial charge in [0.05, 0.1) is 41.5 Å². The van der Waals surface area contributed by atoms with Crippen molar-refractivity contribution in [3.63, 3.8) is 0 Å². The number of aryl methyl sites for hydroxylation is 1. The van der Waals surface area contributed by atoms with Gasteiger partial charge in [0.1, 0.15) is 10.2 Å². The van der Waals surface area contributed by atoms with E-state index < -0.39 is 23.5 Å². The highest BCUT2D eigenvalue weighted by molar-refractivity contribution is 7.10. The van der Waals surface area contributed by atoms with E-state index in [4.69, 9.17) is 27.9 Å².